The molecule has 5 heteroatoms. The fraction of sp³-hybridized carbons (Fsp3) is 0.231. The molecule has 3 aromatic carbocycles. The molecule has 0 unspecified atom stereocenters. The minimum absolute atomic E-state index is 0.152. The number of halogens is 1. The lowest BCUT2D eigenvalue weighted by Gasteiger charge is -2.17. The van der Waals surface area contributed by atoms with Crippen molar-refractivity contribution in [3.05, 3.63) is 95.4 Å². The second-order valence-corrected chi connectivity index (χ2v) is 7.34. The van der Waals surface area contributed by atoms with Crippen LogP contribution in [-0.4, -0.2) is 18.1 Å². The fourth-order valence-electron chi connectivity index (χ4n) is 3.68. The zero-order valence-corrected chi connectivity index (χ0v) is 17.7. The Kier molecular flexibility index (Phi) is 6.85. The van der Waals surface area contributed by atoms with Gasteiger partial charge in [-0.2, -0.15) is 0 Å². The molecular weight excluding hydrogens is 391 g/mol. The summed E-state index contributed by atoms with van der Waals surface area (Å²) in [6.07, 6.45) is 2.99. The van der Waals surface area contributed by atoms with Crippen molar-refractivity contribution in [2.45, 2.75) is 26.5 Å². The normalized spacial score (nSPS) is 11.0. The highest BCUT2D eigenvalue weighted by atomic mass is 19.1. The van der Waals surface area contributed by atoms with Crippen molar-refractivity contribution in [3.63, 3.8) is 0 Å². The van der Waals surface area contributed by atoms with Crippen LogP contribution in [0, 0.1) is 5.82 Å². The minimum atomic E-state index is -0.269. The SMILES string of the molecule is CCOc1cccc(CNCCc2c[nH]c3ccccc23)c1OCc1ccccc1F. The number of nitrogens with one attached hydrogen (secondary N) is 2. The molecule has 0 aliphatic rings. The topological polar surface area (TPSA) is 46.3 Å². The number of aromatic amines is 1. The second kappa shape index (κ2) is 10.1. The summed E-state index contributed by atoms with van der Waals surface area (Å²) in [5, 5.41) is 4.76. The number of para-hydroxylation sites is 2. The molecule has 0 aliphatic heterocycles. The van der Waals surface area contributed by atoms with E-state index in [2.05, 4.69) is 34.7 Å². The van der Waals surface area contributed by atoms with Gasteiger partial charge in [0, 0.05) is 34.8 Å². The van der Waals surface area contributed by atoms with Gasteiger partial charge in [0.15, 0.2) is 11.5 Å². The smallest absolute Gasteiger partial charge is 0.166 e. The summed E-state index contributed by atoms with van der Waals surface area (Å²) in [5.41, 5.74) is 3.96. The van der Waals surface area contributed by atoms with Crippen molar-refractivity contribution in [2.24, 2.45) is 0 Å². The van der Waals surface area contributed by atoms with E-state index in [1.807, 2.05) is 37.3 Å². The van der Waals surface area contributed by atoms with Crippen LogP contribution >= 0.6 is 0 Å². The molecule has 4 aromatic rings. The first kappa shape index (κ1) is 20.9. The van der Waals surface area contributed by atoms with Gasteiger partial charge < -0.3 is 19.8 Å². The molecule has 1 aromatic heterocycles. The summed E-state index contributed by atoms with van der Waals surface area (Å²) in [5.74, 6) is 1.07. The first-order valence-corrected chi connectivity index (χ1v) is 10.6. The van der Waals surface area contributed by atoms with Crippen LogP contribution < -0.4 is 14.8 Å². The molecule has 0 atom stereocenters. The van der Waals surface area contributed by atoms with Gasteiger partial charge >= 0.3 is 0 Å². The molecule has 0 radical (unpaired) electrons. The Morgan fingerprint density at radius 3 is 2.55 bits per heavy atom. The molecule has 2 N–H and O–H groups in total. The van der Waals surface area contributed by atoms with E-state index in [0.717, 1.165) is 24.0 Å². The van der Waals surface area contributed by atoms with Crippen LogP contribution in [0.15, 0.2) is 72.9 Å². The van der Waals surface area contributed by atoms with Gasteiger partial charge in [-0.05, 0) is 43.7 Å². The second-order valence-electron chi connectivity index (χ2n) is 7.34. The van der Waals surface area contributed by atoms with Crippen LogP contribution in [0.4, 0.5) is 4.39 Å². The van der Waals surface area contributed by atoms with E-state index in [-0.39, 0.29) is 12.4 Å². The summed E-state index contributed by atoms with van der Waals surface area (Å²) in [6.45, 7) is 4.09. The lowest BCUT2D eigenvalue weighted by molar-refractivity contribution is 0.262. The zero-order valence-electron chi connectivity index (χ0n) is 17.7. The van der Waals surface area contributed by atoms with E-state index >= 15 is 0 Å². The molecule has 0 saturated carbocycles. The Morgan fingerprint density at radius 2 is 1.68 bits per heavy atom. The van der Waals surface area contributed by atoms with Gasteiger partial charge in [-0.3, -0.25) is 0 Å². The molecule has 0 saturated heterocycles. The van der Waals surface area contributed by atoms with Gasteiger partial charge in [0.25, 0.3) is 0 Å². The van der Waals surface area contributed by atoms with Crippen LogP contribution in [0.3, 0.4) is 0 Å². The zero-order chi connectivity index (χ0) is 21.5. The first-order chi connectivity index (χ1) is 15.3. The van der Waals surface area contributed by atoms with Gasteiger partial charge in [-0.1, -0.05) is 48.5 Å². The highest BCUT2D eigenvalue weighted by Crippen LogP contribution is 2.32. The standard InChI is InChI=1S/C26H27FN2O2/c1-2-30-25-13-7-9-20(26(25)31-18-21-8-3-5-11-23(21)27)16-28-15-14-19-17-29-24-12-6-4-10-22(19)24/h3-13,17,28-29H,2,14-16,18H2,1H3. The van der Waals surface area contributed by atoms with E-state index in [1.54, 1.807) is 12.1 Å². The highest BCUT2D eigenvalue weighted by molar-refractivity contribution is 5.83. The molecule has 0 spiro atoms. The summed E-state index contributed by atoms with van der Waals surface area (Å²) in [7, 11) is 0. The number of ether oxygens (including phenoxy) is 2. The van der Waals surface area contributed by atoms with Crippen LogP contribution in [-0.2, 0) is 19.6 Å². The van der Waals surface area contributed by atoms with Crippen LogP contribution in [0.2, 0.25) is 0 Å². The molecule has 1 heterocycles. The Morgan fingerprint density at radius 1 is 0.871 bits per heavy atom. The van der Waals surface area contributed by atoms with Gasteiger partial charge in [0.05, 0.1) is 6.61 Å². The molecule has 0 aliphatic carbocycles. The number of rotatable bonds is 10. The highest BCUT2D eigenvalue weighted by Gasteiger charge is 2.13. The molecule has 0 fully saturated rings. The molecule has 160 valence electrons. The predicted octanol–water partition coefficient (Wildman–Crippen LogP) is 5.62. The number of fused-ring (bicyclic) bond motifs is 1. The number of benzene rings is 3. The van der Waals surface area contributed by atoms with Crippen LogP contribution in [0.1, 0.15) is 23.6 Å². The molecule has 31 heavy (non-hydrogen) atoms. The Balaban J connectivity index is 1.42. The van der Waals surface area contributed by atoms with Gasteiger partial charge in [-0.15, -0.1) is 0 Å². The third-order valence-electron chi connectivity index (χ3n) is 5.25. The number of hydrogen-bond acceptors (Lipinski definition) is 3. The molecule has 4 nitrogen and oxygen atoms in total. The molecule has 4 rings (SSSR count). The van der Waals surface area contributed by atoms with Gasteiger partial charge in [0.2, 0.25) is 0 Å². The number of aromatic nitrogens is 1. The van der Waals surface area contributed by atoms with E-state index in [0.29, 0.717) is 30.2 Å². The number of hydrogen-bond donors (Lipinski definition) is 2. The summed E-state index contributed by atoms with van der Waals surface area (Å²) in [4.78, 5) is 3.32. The molecule has 0 bridgehead atoms. The third-order valence-corrected chi connectivity index (χ3v) is 5.25. The summed E-state index contributed by atoms with van der Waals surface area (Å²) < 4.78 is 25.8. The monoisotopic (exact) mass is 418 g/mol. The van der Waals surface area contributed by atoms with Gasteiger partial charge in [-0.25, -0.2) is 4.39 Å². The lowest BCUT2D eigenvalue weighted by atomic mass is 10.1. The van der Waals surface area contributed by atoms with E-state index in [1.165, 1.54) is 17.0 Å². The average Bonchev–Trinajstić information content (AvgIpc) is 3.20. The maximum absolute atomic E-state index is 14.0. The largest absolute Gasteiger partial charge is 0.490 e. The van der Waals surface area contributed by atoms with Crippen LogP contribution in [0.5, 0.6) is 11.5 Å². The van der Waals surface area contributed by atoms with Crippen molar-refractivity contribution in [3.8, 4) is 11.5 Å². The average molecular weight is 419 g/mol. The van der Waals surface area contributed by atoms with E-state index in [4.69, 9.17) is 9.47 Å². The van der Waals surface area contributed by atoms with Gasteiger partial charge in [0.1, 0.15) is 12.4 Å². The third kappa shape index (κ3) is 5.06. The first-order valence-electron chi connectivity index (χ1n) is 10.6. The van der Waals surface area contributed by atoms with Crippen molar-refractivity contribution in [1.82, 2.24) is 10.3 Å². The van der Waals surface area contributed by atoms with Crippen molar-refractivity contribution in [1.29, 1.82) is 0 Å². The summed E-state index contributed by atoms with van der Waals surface area (Å²) >= 11 is 0. The molecule has 0 amide bonds. The maximum Gasteiger partial charge on any atom is 0.166 e. The quantitative estimate of drug-likeness (QED) is 0.329. The van der Waals surface area contributed by atoms with Crippen molar-refractivity contribution >= 4 is 10.9 Å². The van der Waals surface area contributed by atoms with E-state index < -0.39 is 0 Å². The Bertz CT molecular complexity index is 1140. The van der Waals surface area contributed by atoms with Crippen molar-refractivity contribution in [2.75, 3.05) is 13.2 Å². The Labute approximate surface area is 182 Å². The fourth-order valence-corrected chi connectivity index (χ4v) is 3.68. The summed E-state index contributed by atoms with van der Waals surface area (Å²) in [6, 6.07) is 20.8. The predicted molar refractivity (Wildman–Crippen MR) is 122 cm³/mol. The maximum atomic E-state index is 14.0. The molecular formula is C26H27FN2O2. The van der Waals surface area contributed by atoms with Crippen molar-refractivity contribution < 1.29 is 13.9 Å². The number of H-pyrrole nitrogens is 1. The lowest BCUT2D eigenvalue weighted by Crippen LogP contribution is -2.17. The van der Waals surface area contributed by atoms with Crippen LogP contribution in [0.25, 0.3) is 10.9 Å². The Hall–Kier alpha value is -3.31. The van der Waals surface area contributed by atoms with E-state index in [9.17, 15) is 4.39 Å². The minimum Gasteiger partial charge on any atom is -0.490 e.